The second kappa shape index (κ2) is 3.31. The third-order valence-electron chi connectivity index (χ3n) is 1.40. The van der Waals surface area contributed by atoms with E-state index in [1.54, 1.807) is 0 Å². The molecule has 5 heteroatoms. The molecule has 0 atom stereocenters. The Hall–Kier alpha value is -0.770. The minimum atomic E-state index is -2.72. The predicted molar refractivity (Wildman–Crippen MR) is 38.9 cm³/mol. The van der Waals surface area contributed by atoms with Gasteiger partial charge in [-0.3, -0.25) is 0 Å². The van der Waals surface area contributed by atoms with E-state index in [-0.39, 0.29) is 10.8 Å². The van der Waals surface area contributed by atoms with E-state index in [9.17, 15) is 13.2 Å². The summed E-state index contributed by atoms with van der Waals surface area (Å²) in [6, 6.07) is 0.704. The fourth-order valence-corrected chi connectivity index (χ4v) is 0.968. The zero-order valence-electron chi connectivity index (χ0n) is 6.11. The maximum atomic E-state index is 12.6. The Morgan fingerprint density at radius 3 is 2.58 bits per heavy atom. The third-order valence-corrected chi connectivity index (χ3v) is 1.66. The van der Waals surface area contributed by atoms with Crippen molar-refractivity contribution in [3.8, 4) is 0 Å². The van der Waals surface area contributed by atoms with Crippen molar-refractivity contribution < 1.29 is 13.2 Å². The molecule has 1 nitrogen and oxygen atoms in total. The number of hydrogen-bond donors (Lipinski definition) is 0. The first-order valence-corrected chi connectivity index (χ1v) is 3.51. The molecule has 0 saturated heterocycles. The van der Waals surface area contributed by atoms with E-state index in [4.69, 9.17) is 11.6 Å². The van der Waals surface area contributed by atoms with Crippen LogP contribution < -0.4 is 0 Å². The average Bonchev–Trinajstić information content (AvgIpc) is 1.96. The molecule has 0 N–H and O–H groups in total. The van der Waals surface area contributed by atoms with Crippen LogP contribution in [-0.4, -0.2) is 4.98 Å². The van der Waals surface area contributed by atoms with Crippen LogP contribution in [0.4, 0.5) is 13.2 Å². The van der Waals surface area contributed by atoms with Crippen LogP contribution in [0.3, 0.4) is 0 Å². The van der Waals surface area contributed by atoms with Crippen molar-refractivity contribution in [1.29, 1.82) is 0 Å². The lowest BCUT2D eigenvalue weighted by molar-refractivity contribution is 0.149. The van der Waals surface area contributed by atoms with Crippen molar-refractivity contribution in [2.75, 3.05) is 0 Å². The Balaban J connectivity index is 3.23. The summed E-state index contributed by atoms with van der Waals surface area (Å²) in [4.78, 5) is 3.40. The summed E-state index contributed by atoms with van der Waals surface area (Å²) in [5.74, 6) is -0.919. The van der Waals surface area contributed by atoms with Crippen LogP contribution in [0.5, 0.6) is 0 Å². The summed E-state index contributed by atoms with van der Waals surface area (Å²) in [7, 11) is 0. The molecule has 0 saturated carbocycles. The fraction of sp³-hybridized carbons (Fsp3) is 0.286. The van der Waals surface area contributed by atoms with Gasteiger partial charge in [-0.25, -0.2) is 18.2 Å². The van der Waals surface area contributed by atoms with Gasteiger partial charge in [-0.2, -0.15) is 0 Å². The van der Waals surface area contributed by atoms with Crippen LogP contribution in [0, 0.1) is 12.7 Å². The Kier molecular flexibility index (Phi) is 2.57. The molecule has 0 aliphatic heterocycles. The monoisotopic (exact) mass is 195 g/mol. The molecule has 0 aromatic carbocycles. The molecule has 12 heavy (non-hydrogen) atoms. The fourth-order valence-electron chi connectivity index (χ4n) is 0.787. The normalized spacial score (nSPS) is 10.8. The summed E-state index contributed by atoms with van der Waals surface area (Å²) < 4.78 is 36.8. The van der Waals surface area contributed by atoms with Gasteiger partial charge in [-0.15, -0.1) is 0 Å². The Labute approximate surface area is 72.2 Å². The van der Waals surface area contributed by atoms with Crippen molar-refractivity contribution in [3.05, 3.63) is 28.3 Å². The van der Waals surface area contributed by atoms with E-state index in [2.05, 4.69) is 4.98 Å². The molecule has 0 aliphatic rings. The number of halogens is 4. The molecule has 1 aromatic rings. The van der Waals surface area contributed by atoms with E-state index in [1.165, 1.54) is 6.92 Å². The lowest BCUT2D eigenvalue weighted by Gasteiger charge is -2.03. The second-order valence-electron chi connectivity index (χ2n) is 2.24. The maximum absolute atomic E-state index is 12.6. The second-order valence-corrected chi connectivity index (χ2v) is 2.59. The molecule has 0 amide bonds. The number of rotatable bonds is 1. The van der Waals surface area contributed by atoms with Gasteiger partial charge < -0.3 is 0 Å². The molecular formula is C7H5ClF3N. The standard InChI is InChI=1S/C7H5ClF3N/c1-3-4(7(10)11)2-5(9)6(8)12-3/h2,7H,1H3. The van der Waals surface area contributed by atoms with Crippen molar-refractivity contribution in [2.24, 2.45) is 0 Å². The van der Waals surface area contributed by atoms with Gasteiger partial charge in [-0.1, -0.05) is 11.6 Å². The zero-order chi connectivity index (χ0) is 9.30. The molecule has 1 rings (SSSR count). The largest absolute Gasteiger partial charge is 0.265 e. The highest BCUT2D eigenvalue weighted by molar-refractivity contribution is 6.29. The van der Waals surface area contributed by atoms with E-state index in [1.807, 2.05) is 0 Å². The molecule has 0 spiro atoms. The molecular weight excluding hydrogens is 191 g/mol. The molecule has 1 aromatic heterocycles. The van der Waals surface area contributed by atoms with Gasteiger partial charge in [-0.05, 0) is 13.0 Å². The lowest BCUT2D eigenvalue weighted by Crippen LogP contribution is -1.96. The van der Waals surface area contributed by atoms with Gasteiger partial charge in [0.05, 0.1) is 0 Å². The number of nitrogens with zero attached hydrogens (tertiary/aromatic N) is 1. The van der Waals surface area contributed by atoms with Crippen LogP contribution in [0.1, 0.15) is 17.7 Å². The lowest BCUT2D eigenvalue weighted by atomic mass is 10.2. The van der Waals surface area contributed by atoms with E-state index >= 15 is 0 Å². The minimum absolute atomic E-state index is 0.0522. The number of pyridine rings is 1. The summed E-state index contributed by atoms with van der Waals surface area (Å²) in [5, 5.41) is -0.378. The summed E-state index contributed by atoms with van der Waals surface area (Å²) in [5.41, 5.74) is -0.367. The summed E-state index contributed by atoms with van der Waals surface area (Å²) >= 11 is 5.26. The van der Waals surface area contributed by atoms with Gasteiger partial charge >= 0.3 is 0 Å². The summed E-state index contributed by atoms with van der Waals surface area (Å²) in [6.07, 6.45) is -2.72. The predicted octanol–water partition coefficient (Wildman–Crippen LogP) is 3.12. The van der Waals surface area contributed by atoms with Gasteiger partial charge in [0, 0.05) is 11.3 Å². The molecule has 0 aliphatic carbocycles. The van der Waals surface area contributed by atoms with E-state index in [0.29, 0.717) is 6.07 Å². The Morgan fingerprint density at radius 2 is 2.08 bits per heavy atom. The summed E-state index contributed by atoms with van der Waals surface area (Å²) in [6.45, 7) is 1.35. The molecule has 0 bridgehead atoms. The minimum Gasteiger partial charge on any atom is -0.238 e. The smallest absolute Gasteiger partial charge is 0.238 e. The number of hydrogen-bond acceptors (Lipinski definition) is 1. The Morgan fingerprint density at radius 1 is 1.50 bits per heavy atom. The van der Waals surface area contributed by atoms with Crippen LogP contribution >= 0.6 is 11.6 Å². The van der Waals surface area contributed by atoms with Crippen molar-refractivity contribution in [3.63, 3.8) is 0 Å². The van der Waals surface area contributed by atoms with E-state index < -0.39 is 17.8 Å². The van der Waals surface area contributed by atoms with Crippen LogP contribution in [0.25, 0.3) is 0 Å². The third kappa shape index (κ3) is 1.69. The van der Waals surface area contributed by atoms with Gasteiger partial charge in [0.25, 0.3) is 6.43 Å². The first kappa shape index (κ1) is 9.32. The van der Waals surface area contributed by atoms with Gasteiger partial charge in [0.1, 0.15) is 0 Å². The number of alkyl halides is 2. The molecule has 0 radical (unpaired) electrons. The Bertz CT molecular complexity index is 301. The van der Waals surface area contributed by atoms with Gasteiger partial charge in [0.2, 0.25) is 0 Å². The molecule has 66 valence electrons. The van der Waals surface area contributed by atoms with Crippen molar-refractivity contribution in [2.45, 2.75) is 13.3 Å². The number of aryl methyl sites for hydroxylation is 1. The first-order valence-electron chi connectivity index (χ1n) is 3.13. The number of aromatic nitrogens is 1. The van der Waals surface area contributed by atoms with Gasteiger partial charge in [0.15, 0.2) is 11.0 Å². The molecule has 0 fully saturated rings. The van der Waals surface area contributed by atoms with Crippen LogP contribution in [0.2, 0.25) is 5.15 Å². The highest BCUT2D eigenvalue weighted by Gasteiger charge is 2.14. The maximum Gasteiger partial charge on any atom is 0.265 e. The highest BCUT2D eigenvalue weighted by atomic mass is 35.5. The SMILES string of the molecule is Cc1nc(Cl)c(F)cc1C(F)F. The van der Waals surface area contributed by atoms with Crippen LogP contribution in [0.15, 0.2) is 6.07 Å². The van der Waals surface area contributed by atoms with E-state index in [0.717, 1.165) is 0 Å². The first-order chi connectivity index (χ1) is 5.52. The topological polar surface area (TPSA) is 12.9 Å². The molecule has 0 unspecified atom stereocenters. The zero-order valence-corrected chi connectivity index (χ0v) is 6.87. The highest BCUT2D eigenvalue weighted by Crippen LogP contribution is 2.24. The van der Waals surface area contributed by atoms with Crippen molar-refractivity contribution >= 4 is 11.6 Å². The van der Waals surface area contributed by atoms with Crippen LogP contribution in [-0.2, 0) is 0 Å². The molecule has 1 heterocycles. The average molecular weight is 196 g/mol. The quantitative estimate of drug-likeness (QED) is 0.628. The van der Waals surface area contributed by atoms with Crippen molar-refractivity contribution in [1.82, 2.24) is 4.98 Å².